The van der Waals surface area contributed by atoms with Crippen molar-refractivity contribution >= 4 is 11.6 Å². The van der Waals surface area contributed by atoms with E-state index in [0.717, 1.165) is 30.0 Å². The summed E-state index contributed by atoms with van der Waals surface area (Å²) in [6.45, 7) is 0.313. The summed E-state index contributed by atoms with van der Waals surface area (Å²) in [7, 11) is 0. The van der Waals surface area contributed by atoms with Gasteiger partial charge in [0.05, 0.1) is 0 Å². The summed E-state index contributed by atoms with van der Waals surface area (Å²) in [6.07, 6.45) is 2.08. The van der Waals surface area contributed by atoms with Crippen LogP contribution in [-0.2, 0) is 16.1 Å². The van der Waals surface area contributed by atoms with E-state index in [1.165, 1.54) is 25.7 Å². The Morgan fingerprint density at radius 2 is 1.47 bits per heavy atom. The van der Waals surface area contributed by atoms with Crippen LogP contribution < -0.4 is 0 Å². The Balaban J connectivity index is 1.48. The van der Waals surface area contributed by atoms with Crippen LogP contribution in [0.25, 0.3) is 0 Å². The van der Waals surface area contributed by atoms with Gasteiger partial charge in [-0.05, 0) is 0 Å². The Morgan fingerprint density at radius 3 is 1.79 bits per heavy atom. The van der Waals surface area contributed by atoms with Gasteiger partial charge in [0.25, 0.3) is 0 Å². The average Bonchev–Trinajstić information content (AvgIpc) is 3.29. The molecule has 10 heterocycles. The minimum absolute atomic E-state index is 0.394. The molecule has 8 atom stereocenters. The van der Waals surface area contributed by atoms with Gasteiger partial charge in [0.1, 0.15) is 0 Å². The average molecular weight is 298 g/mol. The fourth-order valence-electron chi connectivity index (χ4n) is 19.0. The first-order chi connectivity index (χ1) is 8.79. The van der Waals surface area contributed by atoms with E-state index in [1.54, 1.807) is 6.92 Å². The maximum atomic E-state index is 12.7. The van der Waals surface area contributed by atoms with Crippen LogP contribution in [0.5, 0.6) is 0 Å². The van der Waals surface area contributed by atoms with Crippen LogP contribution in [0.4, 0.5) is 0 Å². The van der Waals surface area contributed by atoms with E-state index in [2.05, 4.69) is 0 Å². The Kier molecular flexibility index (Phi) is 0.262. The molecule has 19 heavy (non-hydrogen) atoms. The molecule has 10 aliphatic rings. The summed E-state index contributed by atoms with van der Waals surface area (Å²) in [5.41, 5.74) is 0. The second-order valence-corrected chi connectivity index (χ2v) is 35.0. The van der Waals surface area contributed by atoms with Crippen molar-refractivity contribution in [2.45, 2.75) is 73.8 Å². The van der Waals surface area contributed by atoms with Crippen molar-refractivity contribution in [3.8, 4) is 0 Å². The second kappa shape index (κ2) is 0.643. The van der Waals surface area contributed by atoms with Gasteiger partial charge in [0.2, 0.25) is 0 Å². The molecule has 0 saturated carbocycles. The Bertz CT molecular complexity index is 1120. The van der Waals surface area contributed by atoms with Gasteiger partial charge in [0, 0.05) is 0 Å². The van der Waals surface area contributed by atoms with Gasteiger partial charge >= 0.3 is 102 Å². The molecule has 0 radical (unpaired) electrons. The molecule has 0 bridgehead atoms. The standard InChI is InChI=1S/C9H11O.C7H7O.Fe/c1-8(10)6-7-9-4-2-3-5-9;1-6(8)7-4-2-3-5-7;/h2-5H,6-7H2,1H3;2-5H,1H3;. The molecule has 8 unspecified atom stereocenters. The molecule has 10 fully saturated rings. The molecule has 0 amide bonds. The van der Waals surface area contributed by atoms with Crippen molar-refractivity contribution in [3.63, 3.8) is 0 Å². The molecule has 102 valence electrons. The fraction of sp³-hybridized carbons (Fsp3) is 0.875. The molecule has 0 aromatic carbocycles. The molecule has 10 saturated heterocycles. The summed E-state index contributed by atoms with van der Waals surface area (Å²) in [4.78, 5) is 33.2. The van der Waals surface area contributed by atoms with Crippen LogP contribution in [-0.4, -0.2) is 11.6 Å². The van der Waals surface area contributed by atoms with Crippen LogP contribution in [0.2, 0.25) is 47.2 Å². The minimum atomic E-state index is -3.41. The van der Waals surface area contributed by atoms with Gasteiger partial charge in [-0.1, -0.05) is 0 Å². The first-order valence-electron chi connectivity index (χ1n) is 8.01. The third-order valence-electron chi connectivity index (χ3n) is 16.5. The van der Waals surface area contributed by atoms with Crippen LogP contribution >= 0.6 is 0 Å². The Morgan fingerprint density at radius 1 is 0.947 bits per heavy atom. The first-order valence-corrected chi connectivity index (χ1v) is 14.2. The molecular weight excluding hydrogens is 280 g/mol. The number of Topliss-reactive ketones (excluding diaryl/α,β-unsaturated/α-hetero) is 2. The zero-order chi connectivity index (χ0) is 12.5. The van der Waals surface area contributed by atoms with E-state index in [0.29, 0.717) is 15.9 Å². The van der Waals surface area contributed by atoms with Crippen molar-refractivity contribution in [2.75, 3.05) is 0 Å². The van der Waals surface area contributed by atoms with Gasteiger partial charge in [-0.25, -0.2) is 0 Å². The summed E-state index contributed by atoms with van der Waals surface area (Å²) >= 11 is 0. The number of carbonyl (C=O) groups excluding carboxylic acids is 2. The predicted octanol–water partition coefficient (Wildman–Crippen LogP) is 4.07. The van der Waals surface area contributed by atoms with E-state index in [1.807, 2.05) is 6.92 Å². The zero-order valence-corrected chi connectivity index (χ0v) is 12.3. The van der Waals surface area contributed by atoms with Gasteiger partial charge in [-0.15, -0.1) is 0 Å². The van der Waals surface area contributed by atoms with E-state index in [-0.39, 0.29) is 0 Å². The number of rotatable bonds is 4. The van der Waals surface area contributed by atoms with Gasteiger partial charge < -0.3 is 0 Å². The van der Waals surface area contributed by atoms with E-state index >= 15 is 0 Å². The van der Waals surface area contributed by atoms with E-state index < -0.39 is 6.51 Å². The summed E-state index contributed by atoms with van der Waals surface area (Å²) in [5, 5.41) is 0. The van der Waals surface area contributed by atoms with E-state index in [9.17, 15) is 9.59 Å². The van der Waals surface area contributed by atoms with Gasteiger partial charge in [-0.3, -0.25) is 0 Å². The van der Waals surface area contributed by atoms with Gasteiger partial charge in [0.15, 0.2) is 0 Å². The third kappa shape index (κ3) is 0.0794. The number of hydrogen-bond donors (Lipinski definition) is 0. The molecule has 0 aliphatic carbocycles. The van der Waals surface area contributed by atoms with Crippen molar-refractivity contribution < 1.29 is 16.1 Å². The van der Waals surface area contributed by atoms with Crippen LogP contribution in [0.1, 0.15) is 26.7 Å². The Labute approximate surface area is 102 Å². The predicted molar refractivity (Wildman–Crippen MR) is 66.0 cm³/mol. The van der Waals surface area contributed by atoms with Crippen molar-refractivity contribution in [3.05, 3.63) is 0 Å². The van der Waals surface area contributed by atoms with Gasteiger partial charge in [-0.2, -0.15) is 0 Å². The van der Waals surface area contributed by atoms with Crippen molar-refractivity contribution in [2.24, 2.45) is 0 Å². The van der Waals surface area contributed by atoms with Crippen LogP contribution in [0.15, 0.2) is 0 Å². The summed E-state index contributed by atoms with van der Waals surface area (Å²) in [5.74, 6) is 1.05. The molecular formula is C16H18FeO2. The van der Waals surface area contributed by atoms with Crippen molar-refractivity contribution in [1.29, 1.82) is 0 Å². The molecule has 10 rings (SSSR count). The summed E-state index contributed by atoms with van der Waals surface area (Å²) in [6, 6.07) is 0. The number of ketones is 2. The Hall–Kier alpha value is -0.141. The number of hydrogen-bond acceptors (Lipinski definition) is 2. The maximum absolute atomic E-state index is 12.7. The molecule has 10 aliphatic heterocycles. The topological polar surface area (TPSA) is 34.1 Å². The normalized spacial score (nSPS) is 111. The quantitative estimate of drug-likeness (QED) is 0.733. The molecule has 0 aromatic rings. The van der Waals surface area contributed by atoms with Crippen LogP contribution in [0, 0.1) is 0 Å². The summed E-state index contributed by atoms with van der Waals surface area (Å²) < 4.78 is 1.12. The second-order valence-electron chi connectivity index (χ2n) is 11.7. The molecule has 0 N–H and O–H groups in total. The van der Waals surface area contributed by atoms with Crippen LogP contribution in [0.3, 0.4) is 0 Å². The SMILES string of the molecule is CC(=O)CC[C]12[CH]3[CH]4[CH]5[CH]1[Fe]45321678[CH]2[CH]1[CH]6[C]7(C(C)=O)[CH]28. The fourth-order valence-corrected chi connectivity index (χ4v) is 96.6. The van der Waals surface area contributed by atoms with E-state index in [4.69, 9.17) is 0 Å². The first kappa shape index (κ1) is 7.75. The molecule has 1 spiro atoms. The molecule has 2 nitrogen and oxygen atoms in total. The molecule has 0 aromatic heterocycles. The monoisotopic (exact) mass is 298 g/mol. The number of carbonyl (C=O) groups is 2. The number of fused-ring (bicyclic) bond motifs is 10. The molecule has 3 heteroatoms. The zero-order valence-electron chi connectivity index (χ0n) is 11.2. The third-order valence-corrected chi connectivity index (χ3v) is 60.0. The van der Waals surface area contributed by atoms with Crippen molar-refractivity contribution in [1.82, 2.24) is 0 Å².